The summed E-state index contributed by atoms with van der Waals surface area (Å²) in [5, 5.41) is 1.67. The van der Waals surface area contributed by atoms with Crippen LogP contribution in [0.15, 0.2) is 18.5 Å². The van der Waals surface area contributed by atoms with Gasteiger partial charge in [0.05, 0.1) is 5.52 Å². The number of halogens is 2. The average Bonchev–Trinajstić information content (AvgIpc) is 2.62. The lowest BCUT2D eigenvalue weighted by atomic mass is 10.3. The van der Waals surface area contributed by atoms with Crippen molar-refractivity contribution in [3.8, 4) is 0 Å². The molecule has 0 aliphatic heterocycles. The zero-order valence-corrected chi connectivity index (χ0v) is 15.3. The molecule has 0 N–H and O–H groups in total. The molecule has 3 nitrogen and oxygen atoms in total. The van der Waals surface area contributed by atoms with Gasteiger partial charge in [0.25, 0.3) is 0 Å². The second-order valence-electron chi connectivity index (χ2n) is 5.79. The molecule has 0 saturated carbocycles. The number of fused-ring (bicyclic) bond motifs is 1. The number of nitrogens with zero attached hydrogens (tertiary/aromatic N) is 2. The molecule has 0 radical (unpaired) electrons. The van der Waals surface area contributed by atoms with Crippen LogP contribution in [-0.4, -0.2) is 24.2 Å². The Morgan fingerprint density at radius 3 is 2.84 bits per heavy atom. The summed E-state index contributed by atoms with van der Waals surface area (Å²) < 4.78 is 8.99. The summed E-state index contributed by atoms with van der Waals surface area (Å²) >= 11 is 8.49. The Kier molecular flexibility index (Phi) is 4.92. The van der Waals surface area contributed by atoms with Gasteiger partial charge in [-0.25, -0.2) is 4.98 Å². The molecule has 0 aliphatic rings. The van der Waals surface area contributed by atoms with Crippen LogP contribution in [-0.2, 0) is 11.5 Å². The van der Waals surface area contributed by atoms with Gasteiger partial charge in [-0.1, -0.05) is 31.2 Å². The Morgan fingerprint density at radius 2 is 2.16 bits per heavy atom. The van der Waals surface area contributed by atoms with Gasteiger partial charge in [-0.3, -0.25) is 0 Å². The van der Waals surface area contributed by atoms with Crippen LogP contribution in [0.5, 0.6) is 0 Å². The van der Waals surface area contributed by atoms with E-state index in [2.05, 4.69) is 53.4 Å². The van der Waals surface area contributed by atoms with E-state index < -0.39 is 8.07 Å². The molecular formula is C13H18ClIN2OSi. The van der Waals surface area contributed by atoms with Crippen molar-refractivity contribution in [1.29, 1.82) is 0 Å². The van der Waals surface area contributed by atoms with E-state index in [0.717, 1.165) is 17.5 Å². The highest BCUT2D eigenvalue weighted by Gasteiger charge is 2.13. The van der Waals surface area contributed by atoms with Gasteiger partial charge in [0.1, 0.15) is 6.73 Å². The summed E-state index contributed by atoms with van der Waals surface area (Å²) in [6.45, 7) is 8.40. The summed E-state index contributed by atoms with van der Waals surface area (Å²) in [5.41, 5.74) is 0.960. The van der Waals surface area contributed by atoms with Crippen LogP contribution >= 0.6 is 34.2 Å². The fourth-order valence-corrected chi connectivity index (χ4v) is 3.60. The minimum Gasteiger partial charge on any atom is -0.361 e. The summed E-state index contributed by atoms with van der Waals surface area (Å²) in [4.78, 5) is 4.14. The van der Waals surface area contributed by atoms with E-state index in [1.54, 1.807) is 6.20 Å². The Labute approximate surface area is 133 Å². The van der Waals surface area contributed by atoms with Crippen LogP contribution in [0.2, 0.25) is 30.8 Å². The van der Waals surface area contributed by atoms with Crippen molar-refractivity contribution < 1.29 is 4.74 Å². The number of ether oxygens (including phenoxy) is 1. The number of pyridine rings is 1. The number of rotatable bonds is 5. The topological polar surface area (TPSA) is 27.1 Å². The van der Waals surface area contributed by atoms with E-state index in [1.165, 1.54) is 9.61 Å². The van der Waals surface area contributed by atoms with Gasteiger partial charge in [0.2, 0.25) is 0 Å². The third kappa shape index (κ3) is 3.93. The Balaban J connectivity index is 2.09. The predicted molar refractivity (Wildman–Crippen MR) is 91.6 cm³/mol. The van der Waals surface area contributed by atoms with Gasteiger partial charge in [0, 0.05) is 36.0 Å². The van der Waals surface area contributed by atoms with Crippen LogP contribution in [0.1, 0.15) is 0 Å². The minimum absolute atomic E-state index is 0.536. The SMILES string of the molecule is C[Si](C)(C)CCOCn1cc(I)c2ccnc(Cl)c21. The molecule has 0 fully saturated rings. The molecule has 0 spiro atoms. The zero-order chi connectivity index (χ0) is 14.0. The molecule has 0 atom stereocenters. The lowest BCUT2D eigenvalue weighted by molar-refractivity contribution is 0.0901. The molecule has 2 heterocycles. The molecule has 104 valence electrons. The van der Waals surface area contributed by atoms with Crippen LogP contribution in [0.4, 0.5) is 0 Å². The number of aromatic nitrogens is 2. The molecule has 0 aliphatic carbocycles. The third-order valence-electron chi connectivity index (χ3n) is 2.92. The second kappa shape index (κ2) is 6.11. The van der Waals surface area contributed by atoms with Crippen LogP contribution in [0.25, 0.3) is 10.9 Å². The van der Waals surface area contributed by atoms with Gasteiger partial charge in [0.15, 0.2) is 5.15 Å². The molecule has 0 bridgehead atoms. The third-order valence-corrected chi connectivity index (χ3v) is 5.76. The average molecular weight is 409 g/mol. The fraction of sp³-hybridized carbons (Fsp3) is 0.462. The Bertz CT molecular complexity index is 580. The Hall–Kier alpha value is -0.113. The lowest BCUT2D eigenvalue weighted by Gasteiger charge is -2.15. The van der Waals surface area contributed by atoms with Gasteiger partial charge < -0.3 is 9.30 Å². The first-order chi connectivity index (χ1) is 8.88. The normalized spacial score (nSPS) is 12.3. The van der Waals surface area contributed by atoms with Crippen LogP contribution < -0.4 is 0 Å². The largest absolute Gasteiger partial charge is 0.361 e. The number of hydrogen-bond acceptors (Lipinski definition) is 2. The molecular weight excluding hydrogens is 391 g/mol. The van der Waals surface area contributed by atoms with E-state index in [9.17, 15) is 0 Å². The van der Waals surface area contributed by atoms with Gasteiger partial charge in [-0.15, -0.1) is 0 Å². The first kappa shape index (κ1) is 15.3. The zero-order valence-electron chi connectivity index (χ0n) is 11.4. The molecule has 0 saturated heterocycles. The number of hydrogen-bond donors (Lipinski definition) is 0. The highest BCUT2D eigenvalue weighted by atomic mass is 127. The van der Waals surface area contributed by atoms with Crippen molar-refractivity contribution in [3.05, 3.63) is 27.2 Å². The first-order valence-electron chi connectivity index (χ1n) is 6.25. The fourth-order valence-electron chi connectivity index (χ4n) is 1.81. The maximum absolute atomic E-state index is 6.18. The molecule has 2 rings (SSSR count). The molecule has 6 heteroatoms. The van der Waals surface area contributed by atoms with E-state index >= 15 is 0 Å². The van der Waals surface area contributed by atoms with Gasteiger partial charge in [-0.2, -0.15) is 0 Å². The van der Waals surface area contributed by atoms with Crippen LogP contribution in [0.3, 0.4) is 0 Å². The van der Waals surface area contributed by atoms with Crippen molar-refractivity contribution in [2.75, 3.05) is 6.61 Å². The second-order valence-corrected chi connectivity index (χ2v) is 12.9. The van der Waals surface area contributed by atoms with Crippen molar-refractivity contribution in [2.24, 2.45) is 0 Å². The minimum atomic E-state index is -1.03. The first-order valence-corrected chi connectivity index (χ1v) is 11.4. The quantitative estimate of drug-likeness (QED) is 0.313. The standard InChI is InChI=1S/C13H18ClIN2OSi/c1-19(2,3)7-6-18-9-17-8-11(15)10-4-5-16-13(14)12(10)17/h4-5,8H,6-7,9H2,1-3H3. The summed E-state index contributed by atoms with van der Waals surface area (Å²) in [6, 6.07) is 3.16. The predicted octanol–water partition coefficient (Wildman–Crippen LogP) is 4.61. The molecule has 0 aromatic carbocycles. The Morgan fingerprint density at radius 1 is 1.42 bits per heavy atom. The highest BCUT2D eigenvalue weighted by Crippen LogP contribution is 2.27. The molecule has 0 amide bonds. The van der Waals surface area contributed by atoms with Gasteiger partial charge in [-0.05, 0) is 34.7 Å². The van der Waals surface area contributed by atoms with E-state index in [-0.39, 0.29) is 0 Å². The van der Waals surface area contributed by atoms with Crippen LogP contribution in [0, 0.1) is 3.57 Å². The summed E-state index contributed by atoms with van der Waals surface area (Å²) in [5.74, 6) is 0. The molecule has 2 aromatic rings. The maximum Gasteiger partial charge on any atom is 0.153 e. The maximum atomic E-state index is 6.18. The molecule has 19 heavy (non-hydrogen) atoms. The smallest absolute Gasteiger partial charge is 0.153 e. The van der Waals surface area contributed by atoms with Crippen molar-refractivity contribution in [2.45, 2.75) is 32.4 Å². The summed E-state index contributed by atoms with van der Waals surface area (Å²) in [7, 11) is -1.03. The van der Waals surface area contributed by atoms with E-state index in [0.29, 0.717) is 11.9 Å². The van der Waals surface area contributed by atoms with E-state index in [1.807, 2.05) is 10.6 Å². The van der Waals surface area contributed by atoms with Crippen molar-refractivity contribution in [1.82, 2.24) is 9.55 Å². The van der Waals surface area contributed by atoms with Crippen molar-refractivity contribution >= 4 is 53.2 Å². The monoisotopic (exact) mass is 408 g/mol. The van der Waals surface area contributed by atoms with E-state index in [4.69, 9.17) is 16.3 Å². The lowest BCUT2D eigenvalue weighted by Crippen LogP contribution is -2.22. The highest BCUT2D eigenvalue weighted by molar-refractivity contribution is 14.1. The van der Waals surface area contributed by atoms with Crippen molar-refractivity contribution in [3.63, 3.8) is 0 Å². The molecule has 2 aromatic heterocycles. The summed E-state index contributed by atoms with van der Waals surface area (Å²) in [6.07, 6.45) is 3.80. The van der Waals surface area contributed by atoms with Gasteiger partial charge >= 0.3 is 0 Å². The molecule has 0 unspecified atom stereocenters.